The highest BCUT2D eigenvalue weighted by Gasteiger charge is 2.33. The Morgan fingerprint density at radius 2 is 1.80 bits per heavy atom. The van der Waals surface area contributed by atoms with Gasteiger partial charge in [-0.15, -0.1) is 13.2 Å². The van der Waals surface area contributed by atoms with Crippen molar-refractivity contribution in [3.05, 3.63) is 90.4 Å². The van der Waals surface area contributed by atoms with Crippen LogP contribution in [0.3, 0.4) is 0 Å². The third kappa shape index (κ3) is 6.27. The SMILES string of the molecule is O=C(CSC1=N/C(=C/c2cccnc2)C(=O)N1c1ccccc1)Nc1ccccc1OC(F)(F)F. The Hall–Kier alpha value is -4.12. The number of carbonyl (C=O) groups is 2. The van der Waals surface area contributed by atoms with Gasteiger partial charge in [-0.05, 0) is 42.0 Å². The van der Waals surface area contributed by atoms with Gasteiger partial charge in [-0.3, -0.25) is 19.5 Å². The molecule has 2 aromatic carbocycles. The summed E-state index contributed by atoms with van der Waals surface area (Å²) >= 11 is 0.975. The van der Waals surface area contributed by atoms with Crippen molar-refractivity contribution in [2.75, 3.05) is 16.0 Å². The summed E-state index contributed by atoms with van der Waals surface area (Å²) in [6, 6.07) is 17.5. The van der Waals surface area contributed by atoms with E-state index in [0.717, 1.165) is 17.8 Å². The van der Waals surface area contributed by atoms with Crippen molar-refractivity contribution in [3.63, 3.8) is 0 Å². The largest absolute Gasteiger partial charge is 0.573 e. The van der Waals surface area contributed by atoms with E-state index in [1.165, 1.54) is 23.1 Å². The van der Waals surface area contributed by atoms with Crippen molar-refractivity contribution in [1.29, 1.82) is 0 Å². The average Bonchev–Trinajstić information content (AvgIpc) is 3.14. The van der Waals surface area contributed by atoms with Gasteiger partial charge < -0.3 is 10.1 Å². The van der Waals surface area contributed by atoms with Crippen LogP contribution in [-0.4, -0.2) is 34.1 Å². The van der Waals surface area contributed by atoms with Crippen LogP contribution in [0.25, 0.3) is 6.08 Å². The Morgan fingerprint density at radius 1 is 1.06 bits per heavy atom. The van der Waals surface area contributed by atoms with E-state index in [9.17, 15) is 22.8 Å². The Kier molecular flexibility index (Phi) is 7.16. The minimum absolute atomic E-state index is 0.128. The number of amidine groups is 1. The number of pyridine rings is 1. The molecular weight excluding hydrogens is 481 g/mol. The molecule has 1 aliphatic heterocycles. The topological polar surface area (TPSA) is 83.9 Å². The number of hydrogen-bond acceptors (Lipinski definition) is 6. The van der Waals surface area contributed by atoms with Crippen LogP contribution in [0.4, 0.5) is 24.5 Å². The number of aliphatic imine (C=N–C) groups is 1. The summed E-state index contributed by atoms with van der Waals surface area (Å²) in [5, 5.41) is 2.66. The molecular formula is C24H17F3N4O3S. The summed E-state index contributed by atoms with van der Waals surface area (Å²) < 4.78 is 41.9. The molecule has 178 valence electrons. The quantitative estimate of drug-likeness (QED) is 0.479. The lowest BCUT2D eigenvalue weighted by Gasteiger charge is -2.18. The van der Waals surface area contributed by atoms with Crippen LogP contribution >= 0.6 is 11.8 Å². The number of aromatic nitrogens is 1. The molecule has 0 radical (unpaired) electrons. The van der Waals surface area contributed by atoms with Crippen LogP contribution in [0, 0.1) is 0 Å². The van der Waals surface area contributed by atoms with Gasteiger partial charge in [0.2, 0.25) is 5.91 Å². The first-order valence-corrected chi connectivity index (χ1v) is 11.2. The smallest absolute Gasteiger partial charge is 0.404 e. The molecule has 2 amide bonds. The maximum absolute atomic E-state index is 13.1. The second-order valence-electron chi connectivity index (χ2n) is 7.07. The highest BCUT2D eigenvalue weighted by atomic mass is 32.2. The summed E-state index contributed by atoms with van der Waals surface area (Å²) in [6.45, 7) is 0. The molecule has 35 heavy (non-hydrogen) atoms. The number of anilines is 2. The van der Waals surface area contributed by atoms with Gasteiger partial charge in [0.15, 0.2) is 10.9 Å². The molecule has 0 bridgehead atoms. The molecule has 0 unspecified atom stereocenters. The first-order valence-electron chi connectivity index (χ1n) is 10.2. The number of carbonyl (C=O) groups excluding carboxylic acids is 2. The molecule has 1 N–H and O–H groups in total. The second-order valence-corrected chi connectivity index (χ2v) is 8.01. The second kappa shape index (κ2) is 10.4. The number of thioether (sulfide) groups is 1. The molecule has 3 aromatic rings. The summed E-state index contributed by atoms with van der Waals surface area (Å²) in [5.74, 6) is -1.72. The van der Waals surface area contributed by atoms with Crippen molar-refractivity contribution in [2.45, 2.75) is 6.36 Å². The number of benzene rings is 2. The number of amides is 2. The lowest BCUT2D eigenvalue weighted by atomic mass is 10.2. The zero-order valence-electron chi connectivity index (χ0n) is 17.9. The summed E-state index contributed by atoms with van der Waals surface area (Å²) in [6.07, 6.45) is -0.122. The van der Waals surface area contributed by atoms with Gasteiger partial charge >= 0.3 is 6.36 Å². The molecule has 1 aromatic heterocycles. The molecule has 7 nitrogen and oxygen atoms in total. The normalized spacial score (nSPS) is 14.7. The van der Waals surface area contributed by atoms with Crippen molar-refractivity contribution < 1.29 is 27.5 Å². The van der Waals surface area contributed by atoms with Gasteiger partial charge in [-0.1, -0.05) is 48.2 Å². The zero-order valence-corrected chi connectivity index (χ0v) is 18.7. The molecule has 0 fully saturated rings. The van der Waals surface area contributed by atoms with Crippen LogP contribution in [0.15, 0.2) is 89.8 Å². The standard InChI is InChI=1S/C24H17F3N4O3S/c25-24(26,27)34-20-11-5-4-10-18(20)29-21(32)15-35-23-30-19(13-16-7-6-12-28-14-16)22(33)31(23)17-8-2-1-3-9-17/h1-14H,15H2,(H,29,32)/b19-13+. The molecule has 0 saturated carbocycles. The van der Waals surface area contributed by atoms with E-state index in [-0.39, 0.29) is 28.2 Å². The molecule has 0 spiro atoms. The number of alkyl halides is 3. The Balaban J connectivity index is 1.52. The number of nitrogens with zero attached hydrogens (tertiary/aromatic N) is 3. The number of rotatable bonds is 6. The van der Waals surface area contributed by atoms with Crippen molar-refractivity contribution in [3.8, 4) is 5.75 Å². The molecule has 11 heteroatoms. The number of para-hydroxylation sites is 3. The molecule has 0 saturated heterocycles. The number of halogens is 3. The number of hydrogen-bond donors (Lipinski definition) is 1. The van der Waals surface area contributed by atoms with Crippen molar-refractivity contribution in [2.24, 2.45) is 4.99 Å². The summed E-state index contributed by atoms with van der Waals surface area (Å²) in [7, 11) is 0. The fourth-order valence-corrected chi connectivity index (χ4v) is 3.93. The highest BCUT2D eigenvalue weighted by Crippen LogP contribution is 2.31. The fraction of sp³-hybridized carbons (Fsp3) is 0.0833. The monoisotopic (exact) mass is 498 g/mol. The Morgan fingerprint density at radius 3 is 2.51 bits per heavy atom. The van der Waals surface area contributed by atoms with E-state index in [1.807, 2.05) is 0 Å². The minimum atomic E-state index is -4.90. The maximum Gasteiger partial charge on any atom is 0.573 e. The molecule has 2 heterocycles. The van der Waals surface area contributed by atoms with Gasteiger partial charge in [-0.2, -0.15) is 0 Å². The maximum atomic E-state index is 13.1. The van der Waals surface area contributed by atoms with Gasteiger partial charge in [0.1, 0.15) is 5.70 Å². The first-order chi connectivity index (χ1) is 16.8. The van der Waals surface area contributed by atoms with Gasteiger partial charge in [0, 0.05) is 12.4 Å². The number of nitrogens with one attached hydrogen (secondary N) is 1. The van der Waals surface area contributed by atoms with Crippen molar-refractivity contribution >= 4 is 46.2 Å². The summed E-state index contributed by atoms with van der Waals surface area (Å²) in [5.41, 5.74) is 1.27. The predicted octanol–water partition coefficient (Wildman–Crippen LogP) is 5.10. The van der Waals surface area contributed by atoms with E-state index in [4.69, 9.17) is 0 Å². The van der Waals surface area contributed by atoms with Crippen LogP contribution in [0.5, 0.6) is 5.75 Å². The molecule has 1 aliphatic rings. The Labute approximate surface area is 202 Å². The third-order valence-electron chi connectivity index (χ3n) is 4.55. The Bertz CT molecular complexity index is 1280. The molecule has 0 atom stereocenters. The van der Waals surface area contributed by atoms with Crippen LogP contribution in [0.2, 0.25) is 0 Å². The van der Waals surface area contributed by atoms with E-state index >= 15 is 0 Å². The van der Waals surface area contributed by atoms with Crippen LogP contribution in [0.1, 0.15) is 5.56 Å². The average molecular weight is 498 g/mol. The zero-order chi connectivity index (χ0) is 24.8. The lowest BCUT2D eigenvalue weighted by Crippen LogP contribution is -2.31. The predicted molar refractivity (Wildman–Crippen MR) is 128 cm³/mol. The lowest BCUT2D eigenvalue weighted by molar-refractivity contribution is -0.274. The third-order valence-corrected chi connectivity index (χ3v) is 5.49. The molecule has 0 aliphatic carbocycles. The van der Waals surface area contributed by atoms with E-state index in [2.05, 4.69) is 20.0 Å². The first kappa shape index (κ1) is 24.0. The van der Waals surface area contributed by atoms with Crippen molar-refractivity contribution in [1.82, 2.24) is 4.98 Å². The van der Waals surface area contributed by atoms with Gasteiger partial charge in [0.05, 0.1) is 17.1 Å². The van der Waals surface area contributed by atoms with Gasteiger partial charge in [-0.25, -0.2) is 4.99 Å². The van der Waals surface area contributed by atoms with E-state index in [0.29, 0.717) is 11.3 Å². The van der Waals surface area contributed by atoms with E-state index in [1.54, 1.807) is 60.9 Å². The fourth-order valence-electron chi connectivity index (χ4n) is 3.12. The number of ether oxygens (including phenoxy) is 1. The van der Waals surface area contributed by atoms with Crippen LogP contribution < -0.4 is 15.0 Å². The van der Waals surface area contributed by atoms with Crippen LogP contribution in [-0.2, 0) is 9.59 Å². The highest BCUT2D eigenvalue weighted by molar-refractivity contribution is 8.14. The molecule has 4 rings (SSSR count). The summed E-state index contributed by atoms with van der Waals surface area (Å²) in [4.78, 5) is 35.5. The van der Waals surface area contributed by atoms with E-state index < -0.39 is 18.0 Å². The van der Waals surface area contributed by atoms with Gasteiger partial charge in [0.25, 0.3) is 5.91 Å². The minimum Gasteiger partial charge on any atom is -0.404 e.